The van der Waals surface area contributed by atoms with Crippen LogP contribution < -0.4 is 14.8 Å². The first kappa shape index (κ1) is 21.5. The molecule has 0 saturated carbocycles. The molecule has 150 valence electrons. The zero-order chi connectivity index (χ0) is 20.4. The number of rotatable bonds is 10. The summed E-state index contributed by atoms with van der Waals surface area (Å²) in [5, 5.41) is 4.75. The smallest absolute Gasteiger partial charge is 0.307 e. The van der Waals surface area contributed by atoms with E-state index in [0.717, 1.165) is 16.9 Å². The second-order valence-electron chi connectivity index (χ2n) is 5.95. The Morgan fingerprint density at radius 2 is 2.04 bits per heavy atom. The molecule has 0 saturated heterocycles. The average molecular weight is 404 g/mol. The minimum atomic E-state index is -0.427. The van der Waals surface area contributed by atoms with Gasteiger partial charge in [-0.05, 0) is 41.6 Å². The van der Waals surface area contributed by atoms with E-state index in [-0.39, 0.29) is 18.3 Å². The quantitative estimate of drug-likeness (QED) is 0.480. The zero-order valence-corrected chi connectivity index (χ0v) is 17.1. The lowest BCUT2D eigenvalue weighted by Gasteiger charge is -2.15. The molecule has 0 aliphatic carbocycles. The number of methoxy groups -OCH3 is 2. The summed E-state index contributed by atoms with van der Waals surface area (Å²) in [5.41, 5.74) is 0.802. The van der Waals surface area contributed by atoms with Gasteiger partial charge in [-0.15, -0.1) is 11.3 Å². The maximum Gasteiger partial charge on any atom is 0.307 e. The highest BCUT2D eigenvalue weighted by atomic mass is 32.1. The molecule has 2 rings (SSSR count). The van der Waals surface area contributed by atoms with Gasteiger partial charge in [0.2, 0.25) is 5.91 Å². The molecule has 1 aromatic carbocycles. The molecule has 2 aromatic rings. The molecule has 28 heavy (non-hydrogen) atoms. The minimum Gasteiger partial charge on any atom is -0.493 e. The molecular formula is C21H25NO5S. The summed E-state index contributed by atoms with van der Waals surface area (Å²) < 4.78 is 15.7. The second-order valence-corrected chi connectivity index (χ2v) is 6.93. The summed E-state index contributed by atoms with van der Waals surface area (Å²) >= 11 is 1.48. The lowest BCUT2D eigenvalue weighted by atomic mass is 10.1. The van der Waals surface area contributed by atoms with Crippen LogP contribution >= 0.6 is 11.3 Å². The van der Waals surface area contributed by atoms with Gasteiger partial charge >= 0.3 is 5.97 Å². The summed E-state index contributed by atoms with van der Waals surface area (Å²) in [5.74, 6) is 0.600. The summed E-state index contributed by atoms with van der Waals surface area (Å²) in [7, 11) is 2.91. The van der Waals surface area contributed by atoms with Crippen molar-refractivity contribution in [2.75, 3.05) is 20.8 Å². The Morgan fingerprint density at radius 3 is 2.68 bits per heavy atom. The Labute approximate surface area is 169 Å². The summed E-state index contributed by atoms with van der Waals surface area (Å²) in [6.07, 6.45) is 4.10. The maximum absolute atomic E-state index is 12.4. The molecule has 0 radical (unpaired) electrons. The molecule has 0 spiro atoms. The largest absolute Gasteiger partial charge is 0.493 e. The number of thiophene rings is 1. The van der Waals surface area contributed by atoms with Crippen LogP contribution in [0.2, 0.25) is 0 Å². The monoisotopic (exact) mass is 403 g/mol. The summed E-state index contributed by atoms with van der Waals surface area (Å²) in [6, 6.07) is 8.80. The predicted octanol–water partition coefficient (Wildman–Crippen LogP) is 3.98. The molecule has 1 amide bonds. The van der Waals surface area contributed by atoms with Crippen molar-refractivity contribution in [1.82, 2.24) is 5.32 Å². The Hall–Kier alpha value is -2.80. The second kappa shape index (κ2) is 11.1. The molecule has 0 fully saturated rings. The number of hydrogen-bond donors (Lipinski definition) is 1. The lowest BCUT2D eigenvalue weighted by Crippen LogP contribution is -2.28. The van der Waals surface area contributed by atoms with E-state index in [2.05, 4.69) is 5.32 Å². The van der Waals surface area contributed by atoms with Gasteiger partial charge in [0.05, 0.1) is 33.3 Å². The highest BCUT2D eigenvalue weighted by Gasteiger charge is 2.18. The van der Waals surface area contributed by atoms with Crippen molar-refractivity contribution in [1.29, 1.82) is 0 Å². The van der Waals surface area contributed by atoms with E-state index < -0.39 is 6.04 Å². The SMILES string of the molecule is CCCOc1ccc(/C=C/C(=O)NC(CC(=O)OC)c2cccs2)cc1OC. The fraction of sp³-hybridized carbons (Fsp3) is 0.333. The van der Waals surface area contributed by atoms with E-state index in [1.807, 2.05) is 36.6 Å². The molecule has 6 nitrogen and oxygen atoms in total. The van der Waals surface area contributed by atoms with Crippen molar-refractivity contribution in [3.63, 3.8) is 0 Å². The van der Waals surface area contributed by atoms with Crippen LogP contribution in [0.15, 0.2) is 41.8 Å². The number of carbonyl (C=O) groups excluding carboxylic acids is 2. The Morgan fingerprint density at radius 1 is 1.21 bits per heavy atom. The fourth-order valence-corrected chi connectivity index (χ4v) is 3.25. The van der Waals surface area contributed by atoms with Crippen LogP contribution in [0.3, 0.4) is 0 Å². The van der Waals surface area contributed by atoms with Crippen molar-refractivity contribution < 1.29 is 23.8 Å². The number of ether oxygens (including phenoxy) is 3. The van der Waals surface area contributed by atoms with Crippen LogP contribution in [0, 0.1) is 0 Å². The van der Waals surface area contributed by atoms with E-state index in [1.54, 1.807) is 19.3 Å². The van der Waals surface area contributed by atoms with E-state index in [4.69, 9.17) is 14.2 Å². The first-order valence-corrected chi connectivity index (χ1v) is 9.85. The van der Waals surface area contributed by atoms with Gasteiger partial charge < -0.3 is 19.5 Å². The van der Waals surface area contributed by atoms with Gasteiger partial charge in [0.1, 0.15) is 0 Å². The first-order chi connectivity index (χ1) is 13.6. The van der Waals surface area contributed by atoms with E-state index in [9.17, 15) is 9.59 Å². The van der Waals surface area contributed by atoms with Crippen molar-refractivity contribution in [2.45, 2.75) is 25.8 Å². The van der Waals surface area contributed by atoms with Crippen LogP contribution in [0.1, 0.15) is 36.2 Å². The molecule has 1 unspecified atom stereocenters. The highest BCUT2D eigenvalue weighted by Crippen LogP contribution is 2.28. The predicted molar refractivity (Wildman–Crippen MR) is 110 cm³/mol. The summed E-state index contributed by atoms with van der Waals surface area (Å²) in [6.45, 7) is 2.64. The third kappa shape index (κ3) is 6.42. The standard InChI is InChI=1S/C21H25NO5S/c1-4-11-27-17-9-7-15(13-18(17)25-2)8-10-20(23)22-16(14-21(24)26-3)19-6-5-12-28-19/h5-10,12-13,16H,4,11,14H2,1-3H3,(H,22,23)/b10-8+. The van der Waals surface area contributed by atoms with Crippen molar-refractivity contribution in [3.8, 4) is 11.5 Å². The highest BCUT2D eigenvalue weighted by molar-refractivity contribution is 7.10. The molecule has 1 N–H and O–H groups in total. The molecule has 0 bridgehead atoms. The number of carbonyl (C=O) groups is 2. The van der Waals surface area contributed by atoms with Gasteiger partial charge in [0, 0.05) is 11.0 Å². The van der Waals surface area contributed by atoms with Crippen molar-refractivity contribution in [2.24, 2.45) is 0 Å². The van der Waals surface area contributed by atoms with E-state index in [0.29, 0.717) is 18.1 Å². The average Bonchev–Trinajstić information content (AvgIpc) is 3.25. The molecule has 7 heteroatoms. The van der Waals surface area contributed by atoms with Gasteiger partial charge in [-0.2, -0.15) is 0 Å². The molecule has 1 atom stereocenters. The normalized spacial score (nSPS) is 11.8. The molecular weight excluding hydrogens is 378 g/mol. The van der Waals surface area contributed by atoms with Crippen LogP contribution in [-0.4, -0.2) is 32.7 Å². The molecule has 1 heterocycles. The number of benzene rings is 1. The number of hydrogen-bond acceptors (Lipinski definition) is 6. The maximum atomic E-state index is 12.4. The van der Waals surface area contributed by atoms with Gasteiger partial charge in [0.25, 0.3) is 0 Å². The Bertz CT molecular complexity index is 801. The van der Waals surface area contributed by atoms with Gasteiger partial charge in [-0.25, -0.2) is 0 Å². The van der Waals surface area contributed by atoms with Gasteiger partial charge in [-0.3, -0.25) is 9.59 Å². The van der Waals surface area contributed by atoms with Crippen LogP contribution in [0.25, 0.3) is 6.08 Å². The number of amides is 1. The van der Waals surface area contributed by atoms with Crippen LogP contribution in [0.4, 0.5) is 0 Å². The zero-order valence-electron chi connectivity index (χ0n) is 16.3. The van der Waals surface area contributed by atoms with Crippen LogP contribution in [0.5, 0.6) is 11.5 Å². The Balaban J connectivity index is 2.05. The van der Waals surface area contributed by atoms with Crippen molar-refractivity contribution in [3.05, 3.63) is 52.2 Å². The van der Waals surface area contributed by atoms with Gasteiger partial charge in [0.15, 0.2) is 11.5 Å². The number of esters is 1. The fourth-order valence-electron chi connectivity index (χ4n) is 2.47. The molecule has 0 aliphatic rings. The lowest BCUT2D eigenvalue weighted by molar-refractivity contribution is -0.141. The van der Waals surface area contributed by atoms with E-state index >= 15 is 0 Å². The minimum absolute atomic E-state index is 0.0773. The van der Waals surface area contributed by atoms with Gasteiger partial charge in [-0.1, -0.05) is 19.1 Å². The third-order valence-electron chi connectivity index (χ3n) is 3.88. The van der Waals surface area contributed by atoms with E-state index in [1.165, 1.54) is 24.5 Å². The Kier molecular flexibility index (Phi) is 8.55. The molecule has 1 aromatic heterocycles. The first-order valence-electron chi connectivity index (χ1n) is 8.97. The molecule has 0 aliphatic heterocycles. The third-order valence-corrected chi connectivity index (χ3v) is 4.86. The topological polar surface area (TPSA) is 73.9 Å². The number of nitrogens with one attached hydrogen (secondary N) is 1. The van der Waals surface area contributed by atoms with Crippen molar-refractivity contribution >= 4 is 29.3 Å². The van der Waals surface area contributed by atoms with Crippen LogP contribution in [-0.2, 0) is 14.3 Å². The summed E-state index contributed by atoms with van der Waals surface area (Å²) in [4.78, 5) is 24.9.